The van der Waals surface area contributed by atoms with E-state index in [1.165, 1.54) is 11.3 Å². The van der Waals surface area contributed by atoms with Gasteiger partial charge in [-0.25, -0.2) is 0 Å². The van der Waals surface area contributed by atoms with E-state index in [4.69, 9.17) is 5.73 Å². The molecule has 22 heavy (non-hydrogen) atoms. The number of aryl methyl sites for hydroxylation is 3. The monoisotopic (exact) mass is 313 g/mol. The van der Waals surface area contributed by atoms with Crippen molar-refractivity contribution in [2.75, 3.05) is 11.1 Å². The van der Waals surface area contributed by atoms with Crippen molar-refractivity contribution in [1.29, 1.82) is 0 Å². The number of nitrogens with zero attached hydrogens (tertiary/aromatic N) is 3. The Bertz CT molecular complexity index is 887. The van der Waals surface area contributed by atoms with Crippen LogP contribution < -0.4 is 11.1 Å². The molecule has 7 heteroatoms. The molecule has 3 aromatic rings. The summed E-state index contributed by atoms with van der Waals surface area (Å²) in [6.45, 7) is 5.72. The van der Waals surface area contributed by atoms with E-state index in [-0.39, 0.29) is 5.91 Å². The second kappa shape index (κ2) is 5.34. The average Bonchev–Trinajstić information content (AvgIpc) is 2.81. The van der Waals surface area contributed by atoms with E-state index < -0.39 is 0 Å². The molecule has 3 heterocycles. The van der Waals surface area contributed by atoms with Crippen molar-refractivity contribution in [3.8, 4) is 0 Å². The number of anilines is 2. The first-order chi connectivity index (χ1) is 10.5. The van der Waals surface area contributed by atoms with Gasteiger partial charge in [-0.15, -0.1) is 16.4 Å². The summed E-state index contributed by atoms with van der Waals surface area (Å²) in [4.78, 5) is 17.6. The first-order valence-electron chi connectivity index (χ1n) is 6.72. The highest BCUT2D eigenvalue weighted by molar-refractivity contribution is 7.21. The Morgan fingerprint density at radius 2 is 2.00 bits per heavy atom. The molecule has 0 saturated heterocycles. The molecule has 3 rings (SSSR count). The number of nitrogen functional groups attached to an aromatic ring is 1. The number of carbonyl (C=O) groups is 1. The number of fused-ring (bicyclic) bond motifs is 1. The number of carbonyl (C=O) groups excluding carboxylic acids is 1. The normalized spacial score (nSPS) is 10.9. The molecule has 0 aliphatic rings. The smallest absolute Gasteiger partial charge is 0.267 e. The minimum absolute atomic E-state index is 0.259. The van der Waals surface area contributed by atoms with E-state index in [1.54, 1.807) is 12.4 Å². The van der Waals surface area contributed by atoms with Crippen LogP contribution in [0, 0.1) is 20.8 Å². The number of rotatable bonds is 2. The lowest BCUT2D eigenvalue weighted by atomic mass is 10.1. The zero-order valence-corrected chi connectivity index (χ0v) is 13.3. The Morgan fingerprint density at radius 3 is 2.73 bits per heavy atom. The molecule has 0 atom stereocenters. The summed E-state index contributed by atoms with van der Waals surface area (Å²) in [5.74, 6) is -0.259. The first kappa shape index (κ1) is 14.4. The topological polar surface area (TPSA) is 93.8 Å². The number of hydrogen-bond donors (Lipinski definition) is 2. The summed E-state index contributed by atoms with van der Waals surface area (Å²) >= 11 is 1.25. The van der Waals surface area contributed by atoms with Crippen LogP contribution in [0.15, 0.2) is 18.5 Å². The van der Waals surface area contributed by atoms with Crippen molar-refractivity contribution < 1.29 is 4.79 Å². The van der Waals surface area contributed by atoms with Gasteiger partial charge in [0.1, 0.15) is 9.71 Å². The molecule has 0 aromatic carbocycles. The number of amides is 1. The van der Waals surface area contributed by atoms with Gasteiger partial charge in [-0.3, -0.25) is 9.78 Å². The zero-order valence-electron chi connectivity index (χ0n) is 12.5. The second-order valence-corrected chi connectivity index (χ2v) is 6.14. The van der Waals surface area contributed by atoms with Crippen LogP contribution in [0.5, 0.6) is 0 Å². The summed E-state index contributed by atoms with van der Waals surface area (Å²) in [6, 6.07) is 1.85. The van der Waals surface area contributed by atoms with Crippen LogP contribution in [0.2, 0.25) is 0 Å². The lowest BCUT2D eigenvalue weighted by molar-refractivity contribution is 0.103. The highest BCUT2D eigenvalue weighted by atomic mass is 32.1. The largest absolute Gasteiger partial charge is 0.397 e. The molecule has 0 aliphatic carbocycles. The summed E-state index contributed by atoms with van der Waals surface area (Å²) < 4.78 is 0. The fourth-order valence-electron chi connectivity index (χ4n) is 2.22. The lowest BCUT2D eigenvalue weighted by Crippen LogP contribution is -2.12. The van der Waals surface area contributed by atoms with Gasteiger partial charge in [0.15, 0.2) is 0 Å². The van der Waals surface area contributed by atoms with Crippen LogP contribution in [0.4, 0.5) is 11.4 Å². The van der Waals surface area contributed by atoms with Crippen molar-refractivity contribution in [2.45, 2.75) is 20.8 Å². The Balaban J connectivity index is 2.01. The number of pyridine rings is 1. The van der Waals surface area contributed by atoms with Gasteiger partial charge >= 0.3 is 0 Å². The van der Waals surface area contributed by atoms with Gasteiger partial charge in [0, 0.05) is 11.6 Å². The standard InChI is InChI=1S/C15H15N5OS/c1-7-4-10(6-17-5-7)18-14(21)13-12(16)11-8(2)9(3)19-20-15(11)22-13/h4-6H,16H2,1-3H3,(H,18,21). The molecule has 0 fully saturated rings. The fourth-order valence-corrected chi connectivity index (χ4v) is 3.22. The first-order valence-corrected chi connectivity index (χ1v) is 7.54. The van der Waals surface area contributed by atoms with Gasteiger partial charge < -0.3 is 11.1 Å². The minimum Gasteiger partial charge on any atom is -0.397 e. The quantitative estimate of drug-likeness (QED) is 0.758. The Labute approximate surface area is 131 Å². The van der Waals surface area contributed by atoms with Gasteiger partial charge in [0.05, 0.1) is 23.3 Å². The molecule has 0 aliphatic heterocycles. The Hall–Kier alpha value is -2.54. The summed E-state index contributed by atoms with van der Waals surface area (Å²) in [5, 5.41) is 11.8. The van der Waals surface area contributed by atoms with Gasteiger partial charge in [-0.05, 0) is 38.0 Å². The van der Waals surface area contributed by atoms with Crippen molar-refractivity contribution in [3.63, 3.8) is 0 Å². The molecule has 0 unspecified atom stereocenters. The van der Waals surface area contributed by atoms with Gasteiger partial charge in [0.2, 0.25) is 0 Å². The van der Waals surface area contributed by atoms with Crippen molar-refractivity contribution >= 4 is 38.8 Å². The molecular weight excluding hydrogens is 298 g/mol. The maximum Gasteiger partial charge on any atom is 0.267 e. The second-order valence-electron chi connectivity index (χ2n) is 5.14. The number of hydrogen-bond acceptors (Lipinski definition) is 6. The Morgan fingerprint density at radius 1 is 1.23 bits per heavy atom. The van der Waals surface area contributed by atoms with Crippen molar-refractivity contribution in [1.82, 2.24) is 15.2 Å². The van der Waals surface area contributed by atoms with Gasteiger partial charge in [0.25, 0.3) is 5.91 Å². The lowest BCUT2D eigenvalue weighted by Gasteiger charge is -2.05. The maximum absolute atomic E-state index is 12.5. The molecule has 3 N–H and O–H groups in total. The molecule has 0 bridgehead atoms. The average molecular weight is 313 g/mol. The van der Waals surface area contributed by atoms with E-state index in [9.17, 15) is 4.79 Å². The van der Waals surface area contributed by atoms with Crippen molar-refractivity contribution in [3.05, 3.63) is 40.2 Å². The minimum atomic E-state index is -0.259. The van der Waals surface area contributed by atoms with Gasteiger partial charge in [-0.2, -0.15) is 5.10 Å². The van der Waals surface area contributed by atoms with E-state index in [0.717, 1.165) is 22.2 Å². The van der Waals surface area contributed by atoms with Crippen LogP contribution in [0.3, 0.4) is 0 Å². The molecule has 0 saturated carbocycles. The molecule has 0 radical (unpaired) electrons. The number of nitrogens with one attached hydrogen (secondary N) is 1. The third kappa shape index (κ3) is 2.39. The SMILES string of the molecule is Cc1cncc(NC(=O)c2sc3nnc(C)c(C)c3c2N)c1. The van der Waals surface area contributed by atoms with Gasteiger partial charge in [-0.1, -0.05) is 0 Å². The molecule has 112 valence electrons. The molecule has 1 amide bonds. The molecule has 0 spiro atoms. The maximum atomic E-state index is 12.5. The highest BCUT2D eigenvalue weighted by Crippen LogP contribution is 2.35. The van der Waals surface area contributed by atoms with E-state index in [0.29, 0.717) is 21.1 Å². The van der Waals surface area contributed by atoms with Crippen molar-refractivity contribution in [2.24, 2.45) is 0 Å². The predicted octanol–water partition coefficient (Wildman–Crippen LogP) is 2.85. The molecule has 3 aromatic heterocycles. The molecular formula is C15H15N5OS. The summed E-state index contributed by atoms with van der Waals surface area (Å²) in [6.07, 6.45) is 3.33. The van der Waals surface area contributed by atoms with Crippen LogP contribution >= 0.6 is 11.3 Å². The Kier molecular flexibility index (Phi) is 3.50. The number of aromatic nitrogens is 3. The third-order valence-corrected chi connectivity index (χ3v) is 4.56. The third-order valence-electron chi connectivity index (χ3n) is 3.47. The van der Waals surface area contributed by atoms with Crippen LogP contribution in [0.1, 0.15) is 26.5 Å². The van der Waals surface area contributed by atoms with Crippen LogP contribution in [0.25, 0.3) is 10.2 Å². The highest BCUT2D eigenvalue weighted by Gasteiger charge is 2.20. The number of thiophene rings is 1. The van der Waals surface area contributed by atoms with Crippen LogP contribution in [-0.2, 0) is 0 Å². The van der Waals surface area contributed by atoms with E-state index in [2.05, 4.69) is 20.5 Å². The van der Waals surface area contributed by atoms with E-state index in [1.807, 2.05) is 26.8 Å². The van der Waals surface area contributed by atoms with E-state index >= 15 is 0 Å². The number of nitrogens with two attached hydrogens (primary N) is 1. The zero-order chi connectivity index (χ0) is 15.9. The summed E-state index contributed by atoms with van der Waals surface area (Å²) in [7, 11) is 0. The van der Waals surface area contributed by atoms with Crippen LogP contribution in [-0.4, -0.2) is 21.1 Å². The molecule has 6 nitrogen and oxygen atoms in total. The fraction of sp³-hybridized carbons (Fsp3) is 0.200. The predicted molar refractivity (Wildman–Crippen MR) is 88.2 cm³/mol. The summed E-state index contributed by atoms with van der Waals surface area (Å²) in [5.41, 5.74) is 9.99.